The molecule has 1 aliphatic heterocycles. The van der Waals surface area contributed by atoms with E-state index in [1.54, 1.807) is 11.3 Å². The van der Waals surface area contributed by atoms with Crippen molar-refractivity contribution in [2.75, 3.05) is 13.1 Å². The van der Waals surface area contributed by atoms with Gasteiger partial charge in [-0.1, -0.05) is 30.7 Å². The van der Waals surface area contributed by atoms with Crippen LogP contribution < -0.4 is 5.32 Å². The number of aryl methyl sites for hydroxylation is 2. The Labute approximate surface area is 154 Å². The number of likely N-dealkylation sites (tertiary alicyclic amines) is 1. The van der Waals surface area contributed by atoms with Gasteiger partial charge in [0, 0.05) is 18.0 Å². The summed E-state index contributed by atoms with van der Waals surface area (Å²) < 4.78 is 0. The zero-order valence-corrected chi connectivity index (χ0v) is 15.5. The lowest BCUT2D eigenvalue weighted by molar-refractivity contribution is 0.0954. The van der Waals surface area contributed by atoms with Crippen LogP contribution in [-0.2, 0) is 25.9 Å². The van der Waals surface area contributed by atoms with Crippen LogP contribution >= 0.6 is 11.3 Å². The minimum atomic E-state index is 0.0761. The summed E-state index contributed by atoms with van der Waals surface area (Å²) in [6.07, 6.45) is 7.50. The number of nitrogens with zero attached hydrogens (tertiary/aromatic N) is 1. The van der Waals surface area contributed by atoms with Gasteiger partial charge in [0.2, 0.25) is 0 Å². The molecule has 25 heavy (non-hydrogen) atoms. The highest BCUT2D eigenvalue weighted by Gasteiger charge is 2.18. The molecule has 0 radical (unpaired) electrons. The molecule has 1 aromatic carbocycles. The van der Waals surface area contributed by atoms with Crippen LogP contribution in [0.5, 0.6) is 0 Å². The van der Waals surface area contributed by atoms with Crippen LogP contribution in [0, 0.1) is 0 Å². The summed E-state index contributed by atoms with van der Waals surface area (Å²) in [6.45, 7) is 4.01. The van der Waals surface area contributed by atoms with Crippen LogP contribution in [0.1, 0.15) is 56.9 Å². The first-order valence-corrected chi connectivity index (χ1v) is 10.3. The summed E-state index contributed by atoms with van der Waals surface area (Å²) in [5, 5.41) is 3.13. The lowest BCUT2D eigenvalue weighted by Crippen LogP contribution is -2.30. The second-order valence-corrected chi connectivity index (χ2v) is 8.34. The van der Waals surface area contributed by atoms with Gasteiger partial charge in [-0.3, -0.25) is 9.69 Å². The molecule has 3 nitrogen and oxygen atoms in total. The SMILES string of the molecule is O=C(NCc1ccccc1CN1CCCCC1)c1cc2c(s1)CCC2. The molecule has 2 aliphatic rings. The number of thiophene rings is 1. The third-order valence-electron chi connectivity index (χ3n) is 5.37. The number of benzene rings is 1. The Morgan fingerprint density at radius 3 is 2.64 bits per heavy atom. The number of hydrogen-bond acceptors (Lipinski definition) is 3. The zero-order valence-electron chi connectivity index (χ0n) is 14.7. The van der Waals surface area contributed by atoms with E-state index in [4.69, 9.17) is 0 Å². The monoisotopic (exact) mass is 354 g/mol. The number of carbonyl (C=O) groups excluding carboxylic acids is 1. The first-order chi connectivity index (χ1) is 12.3. The second kappa shape index (κ2) is 7.71. The molecule has 1 fully saturated rings. The summed E-state index contributed by atoms with van der Waals surface area (Å²) in [4.78, 5) is 17.3. The van der Waals surface area contributed by atoms with Crippen molar-refractivity contribution in [1.82, 2.24) is 10.2 Å². The molecule has 1 saturated heterocycles. The number of piperidine rings is 1. The largest absolute Gasteiger partial charge is 0.347 e. The predicted molar refractivity (Wildman–Crippen MR) is 103 cm³/mol. The van der Waals surface area contributed by atoms with Gasteiger partial charge in [-0.15, -0.1) is 11.3 Å². The number of carbonyl (C=O) groups is 1. The summed E-state index contributed by atoms with van der Waals surface area (Å²) in [5.74, 6) is 0.0761. The first kappa shape index (κ1) is 16.8. The fourth-order valence-corrected chi connectivity index (χ4v) is 5.12. The van der Waals surface area contributed by atoms with E-state index in [1.165, 1.54) is 60.3 Å². The molecular formula is C21H26N2OS. The summed E-state index contributed by atoms with van der Waals surface area (Å²) in [7, 11) is 0. The molecular weight excluding hydrogens is 328 g/mol. The highest BCUT2D eigenvalue weighted by molar-refractivity contribution is 7.14. The molecule has 0 atom stereocenters. The van der Waals surface area contributed by atoms with Gasteiger partial charge >= 0.3 is 0 Å². The smallest absolute Gasteiger partial charge is 0.261 e. The Morgan fingerprint density at radius 1 is 1.04 bits per heavy atom. The molecule has 0 unspecified atom stereocenters. The fourth-order valence-electron chi connectivity index (χ4n) is 3.95. The molecule has 1 aromatic heterocycles. The van der Waals surface area contributed by atoms with Gasteiger partial charge in [0.25, 0.3) is 5.91 Å². The molecule has 2 heterocycles. The molecule has 0 saturated carbocycles. The lowest BCUT2D eigenvalue weighted by atomic mass is 10.0. The standard InChI is InChI=1S/C21H26N2OS/c24-21(20-13-16-9-6-10-19(16)25-20)22-14-17-7-2-3-8-18(17)15-23-11-4-1-5-12-23/h2-3,7-8,13H,1,4-6,9-12,14-15H2,(H,22,24). The van der Waals surface area contributed by atoms with Crippen LogP contribution in [0.15, 0.2) is 30.3 Å². The zero-order chi connectivity index (χ0) is 17.1. The Kier molecular flexibility index (Phi) is 5.18. The predicted octanol–water partition coefficient (Wildman–Crippen LogP) is 4.15. The van der Waals surface area contributed by atoms with Crippen LogP contribution in [0.4, 0.5) is 0 Å². The van der Waals surface area contributed by atoms with Gasteiger partial charge in [0.1, 0.15) is 0 Å². The minimum Gasteiger partial charge on any atom is -0.347 e. The maximum absolute atomic E-state index is 12.5. The highest BCUT2D eigenvalue weighted by Crippen LogP contribution is 2.30. The van der Waals surface area contributed by atoms with E-state index in [-0.39, 0.29) is 5.91 Å². The normalized spacial score (nSPS) is 17.4. The second-order valence-electron chi connectivity index (χ2n) is 7.20. The van der Waals surface area contributed by atoms with E-state index in [2.05, 4.69) is 40.5 Å². The average molecular weight is 355 g/mol. The van der Waals surface area contributed by atoms with E-state index < -0.39 is 0 Å². The van der Waals surface area contributed by atoms with Crippen LogP contribution in [0.3, 0.4) is 0 Å². The van der Waals surface area contributed by atoms with E-state index in [0.29, 0.717) is 6.54 Å². The van der Waals surface area contributed by atoms with Crippen molar-refractivity contribution < 1.29 is 4.79 Å². The van der Waals surface area contributed by atoms with Crippen LogP contribution in [0.25, 0.3) is 0 Å². The van der Waals surface area contributed by atoms with Crippen molar-refractivity contribution in [3.05, 3.63) is 56.8 Å². The molecule has 1 amide bonds. The molecule has 2 aromatic rings. The van der Waals surface area contributed by atoms with Gasteiger partial charge in [0.05, 0.1) is 4.88 Å². The van der Waals surface area contributed by atoms with Gasteiger partial charge in [-0.05, 0) is 68.0 Å². The molecule has 0 spiro atoms. The van der Waals surface area contributed by atoms with Crippen molar-refractivity contribution in [3.63, 3.8) is 0 Å². The maximum Gasteiger partial charge on any atom is 0.261 e. The average Bonchev–Trinajstić information content (AvgIpc) is 3.24. The van der Waals surface area contributed by atoms with Crippen LogP contribution in [0.2, 0.25) is 0 Å². The quantitative estimate of drug-likeness (QED) is 0.875. The van der Waals surface area contributed by atoms with Gasteiger partial charge < -0.3 is 5.32 Å². The number of rotatable bonds is 5. The lowest BCUT2D eigenvalue weighted by Gasteiger charge is -2.27. The Balaban J connectivity index is 1.39. The first-order valence-electron chi connectivity index (χ1n) is 9.48. The molecule has 1 N–H and O–H groups in total. The molecule has 4 rings (SSSR count). The fraction of sp³-hybridized carbons (Fsp3) is 0.476. The summed E-state index contributed by atoms with van der Waals surface area (Å²) >= 11 is 1.68. The number of hydrogen-bond donors (Lipinski definition) is 1. The van der Waals surface area contributed by atoms with Crippen molar-refractivity contribution >= 4 is 17.2 Å². The van der Waals surface area contributed by atoms with E-state index in [1.807, 2.05) is 0 Å². The third-order valence-corrected chi connectivity index (χ3v) is 6.61. The molecule has 4 heteroatoms. The van der Waals surface area contributed by atoms with Crippen LogP contribution in [-0.4, -0.2) is 23.9 Å². The third kappa shape index (κ3) is 3.96. The maximum atomic E-state index is 12.5. The van der Waals surface area contributed by atoms with Crippen molar-refractivity contribution in [1.29, 1.82) is 0 Å². The van der Waals surface area contributed by atoms with Crippen molar-refractivity contribution in [3.8, 4) is 0 Å². The van der Waals surface area contributed by atoms with E-state index >= 15 is 0 Å². The summed E-state index contributed by atoms with van der Waals surface area (Å²) in [5.41, 5.74) is 3.98. The Morgan fingerprint density at radius 2 is 1.84 bits per heavy atom. The van der Waals surface area contributed by atoms with Gasteiger partial charge in [-0.25, -0.2) is 0 Å². The van der Waals surface area contributed by atoms with Crippen molar-refractivity contribution in [2.24, 2.45) is 0 Å². The molecule has 0 bridgehead atoms. The van der Waals surface area contributed by atoms with Gasteiger partial charge in [0.15, 0.2) is 0 Å². The van der Waals surface area contributed by atoms with E-state index in [0.717, 1.165) is 24.3 Å². The Bertz CT molecular complexity index is 725. The number of amides is 1. The molecule has 1 aliphatic carbocycles. The Hall–Kier alpha value is -1.65. The highest BCUT2D eigenvalue weighted by atomic mass is 32.1. The number of fused-ring (bicyclic) bond motifs is 1. The molecule has 132 valence electrons. The summed E-state index contributed by atoms with van der Waals surface area (Å²) in [6, 6.07) is 10.6. The topological polar surface area (TPSA) is 32.3 Å². The minimum absolute atomic E-state index is 0.0761. The van der Waals surface area contributed by atoms with Crippen molar-refractivity contribution in [2.45, 2.75) is 51.6 Å². The van der Waals surface area contributed by atoms with Gasteiger partial charge in [-0.2, -0.15) is 0 Å². The van der Waals surface area contributed by atoms with E-state index in [9.17, 15) is 4.79 Å². The number of nitrogens with one attached hydrogen (secondary N) is 1.